The fraction of sp³-hybridized carbons (Fsp3) is 0.545. The number of nitrogens with two attached hydrogens (primary N) is 1. The first-order valence-corrected chi connectivity index (χ1v) is 5.60. The Morgan fingerprint density at radius 2 is 2.22 bits per heavy atom. The number of hydrogen-bond acceptors (Lipinski definition) is 5. The van der Waals surface area contributed by atoms with Crippen molar-refractivity contribution in [1.82, 2.24) is 9.97 Å². The first-order valence-electron chi connectivity index (χ1n) is 5.60. The molecule has 1 rings (SSSR count). The van der Waals surface area contributed by atoms with E-state index < -0.39 is 5.82 Å². The van der Waals surface area contributed by atoms with Crippen molar-refractivity contribution < 1.29 is 9.13 Å². The number of nitrogens with zero attached hydrogens (tertiary/aromatic N) is 3. The van der Waals surface area contributed by atoms with Crippen LogP contribution in [0.2, 0.25) is 0 Å². The molecule has 0 aliphatic carbocycles. The summed E-state index contributed by atoms with van der Waals surface area (Å²) in [5.41, 5.74) is 5.61. The Hall–Kier alpha value is -1.76. The van der Waals surface area contributed by atoms with Crippen molar-refractivity contribution in [2.45, 2.75) is 13.3 Å². The van der Waals surface area contributed by atoms with Crippen LogP contribution in [0.15, 0.2) is 6.33 Å². The molecule has 100 valence electrons. The Morgan fingerprint density at radius 1 is 1.50 bits per heavy atom. The molecule has 0 aliphatic heterocycles. The van der Waals surface area contributed by atoms with Gasteiger partial charge in [0, 0.05) is 26.6 Å². The van der Waals surface area contributed by atoms with Gasteiger partial charge in [-0.15, -0.1) is 0 Å². The van der Waals surface area contributed by atoms with Crippen molar-refractivity contribution in [3.05, 3.63) is 17.8 Å². The maximum absolute atomic E-state index is 13.9. The van der Waals surface area contributed by atoms with Crippen molar-refractivity contribution in [3.63, 3.8) is 0 Å². The van der Waals surface area contributed by atoms with Crippen LogP contribution in [-0.4, -0.2) is 42.6 Å². The predicted molar refractivity (Wildman–Crippen MR) is 67.3 cm³/mol. The number of rotatable bonds is 7. The number of methoxy groups -OCH3 is 1. The molecule has 7 heteroatoms. The Kier molecular flexibility index (Phi) is 5.44. The van der Waals surface area contributed by atoms with Gasteiger partial charge in [0.2, 0.25) is 0 Å². The monoisotopic (exact) mass is 255 g/mol. The Bertz CT molecular complexity index is 412. The number of halogens is 1. The number of aryl methyl sites for hydroxylation is 1. The van der Waals surface area contributed by atoms with Crippen molar-refractivity contribution in [1.29, 1.82) is 5.41 Å². The Labute approximate surface area is 105 Å². The van der Waals surface area contributed by atoms with E-state index in [1.54, 1.807) is 18.9 Å². The summed E-state index contributed by atoms with van der Waals surface area (Å²) < 4.78 is 18.9. The van der Waals surface area contributed by atoms with Crippen molar-refractivity contribution in [3.8, 4) is 0 Å². The predicted octanol–water partition coefficient (Wildman–Crippen LogP) is 0.703. The molecular formula is C11H18FN5O. The first kappa shape index (κ1) is 14.3. The maximum Gasteiger partial charge on any atom is 0.186 e. The minimum absolute atomic E-state index is 0.0589. The van der Waals surface area contributed by atoms with Gasteiger partial charge in [0.1, 0.15) is 6.33 Å². The highest BCUT2D eigenvalue weighted by Gasteiger charge is 2.15. The maximum atomic E-state index is 13.9. The zero-order valence-electron chi connectivity index (χ0n) is 10.6. The zero-order chi connectivity index (χ0) is 13.5. The van der Waals surface area contributed by atoms with E-state index in [0.29, 0.717) is 31.8 Å². The standard InChI is InChI=1S/C11H18FN5O/c1-8-10(12)11(16-7-15-8)17(5-6-18-2)4-3-9(13)14/h7H,3-6H2,1-2H3,(H3,13,14). The van der Waals surface area contributed by atoms with E-state index in [1.165, 1.54) is 6.33 Å². The van der Waals surface area contributed by atoms with E-state index in [2.05, 4.69) is 9.97 Å². The molecule has 0 aliphatic rings. The highest BCUT2D eigenvalue weighted by molar-refractivity contribution is 5.77. The molecule has 0 amide bonds. The minimum atomic E-state index is -0.447. The fourth-order valence-electron chi connectivity index (χ4n) is 1.45. The number of ether oxygens (including phenoxy) is 1. The van der Waals surface area contributed by atoms with Crippen LogP contribution in [0.25, 0.3) is 0 Å². The van der Waals surface area contributed by atoms with E-state index in [0.717, 1.165) is 0 Å². The molecule has 1 aromatic heterocycles. The summed E-state index contributed by atoms with van der Waals surface area (Å²) >= 11 is 0. The zero-order valence-corrected chi connectivity index (χ0v) is 10.6. The van der Waals surface area contributed by atoms with Crippen LogP contribution in [-0.2, 0) is 4.74 Å². The van der Waals surface area contributed by atoms with Gasteiger partial charge in [0.25, 0.3) is 0 Å². The lowest BCUT2D eigenvalue weighted by molar-refractivity contribution is 0.205. The number of anilines is 1. The van der Waals surface area contributed by atoms with Gasteiger partial charge in [-0.3, -0.25) is 5.41 Å². The van der Waals surface area contributed by atoms with Gasteiger partial charge in [-0.05, 0) is 6.92 Å². The molecule has 0 fully saturated rings. The van der Waals surface area contributed by atoms with E-state index in [1.807, 2.05) is 0 Å². The average molecular weight is 255 g/mol. The summed E-state index contributed by atoms with van der Waals surface area (Å²) in [6, 6.07) is 0. The molecule has 1 heterocycles. The molecule has 0 saturated heterocycles. The highest BCUT2D eigenvalue weighted by Crippen LogP contribution is 2.17. The van der Waals surface area contributed by atoms with Crippen molar-refractivity contribution >= 4 is 11.7 Å². The summed E-state index contributed by atoms with van der Waals surface area (Å²) in [6.45, 7) is 2.93. The molecule has 0 spiro atoms. The van der Waals surface area contributed by atoms with Gasteiger partial charge in [-0.2, -0.15) is 0 Å². The Morgan fingerprint density at radius 3 is 2.83 bits per heavy atom. The summed E-state index contributed by atoms with van der Waals surface area (Å²) in [5.74, 6) is -0.165. The molecule has 3 N–H and O–H groups in total. The molecule has 0 saturated carbocycles. The quantitative estimate of drug-likeness (QED) is 0.553. The smallest absolute Gasteiger partial charge is 0.186 e. The number of aromatic nitrogens is 2. The van der Waals surface area contributed by atoms with Gasteiger partial charge in [0.15, 0.2) is 11.6 Å². The summed E-state index contributed by atoms with van der Waals surface area (Å²) in [5, 5.41) is 7.22. The molecule has 0 bridgehead atoms. The molecular weight excluding hydrogens is 237 g/mol. The van der Waals surface area contributed by atoms with Gasteiger partial charge < -0.3 is 15.4 Å². The van der Waals surface area contributed by atoms with Gasteiger partial charge >= 0.3 is 0 Å². The Balaban J connectivity index is 2.86. The molecule has 6 nitrogen and oxygen atoms in total. The second kappa shape index (κ2) is 6.85. The third kappa shape index (κ3) is 3.92. The molecule has 0 atom stereocenters. The lowest BCUT2D eigenvalue weighted by Gasteiger charge is -2.23. The lowest BCUT2D eigenvalue weighted by atomic mass is 10.3. The second-order valence-corrected chi connectivity index (χ2v) is 3.85. The van der Waals surface area contributed by atoms with Crippen LogP contribution in [0.4, 0.5) is 10.2 Å². The van der Waals surface area contributed by atoms with E-state index >= 15 is 0 Å². The van der Waals surface area contributed by atoms with Gasteiger partial charge in [0.05, 0.1) is 18.1 Å². The first-order chi connectivity index (χ1) is 8.56. The molecule has 0 radical (unpaired) electrons. The van der Waals surface area contributed by atoms with Crippen LogP contribution >= 0.6 is 0 Å². The number of amidine groups is 1. The van der Waals surface area contributed by atoms with Crippen LogP contribution in [0.3, 0.4) is 0 Å². The van der Waals surface area contributed by atoms with Crippen LogP contribution in [0.5, 0.6) is 0 Å². The molecule has 18 heavy (non-hydrogen) atoms. The van der Waals surface area contributed by atoms with Crippen molar-refractivity contribution in [2.75, 3.05) is 31.7 Å². The van der Waals surface area contributed by atoms with E-state index in [-0.39, 0.29) is 11.7 Å². The summed E-state index contributed by atoms with van der Waals surface area (Å²) in [4.78, 5) is 9.43. The summed E-state index contributed by atoms with van der Waals surface area (Å²) in [7, 11) is 1.57. The summed E-state index contributed by atoms with van der Waals surface area (Å²) in [6.07, 6.45) is 1.67. The third-order valence-electron chi connectivity index (χ3n) is 2.46. The second-order valence-electron chi connectivity index (χ2n) is 3.85. The number of hydrogen-bond donors (Lipinski definition) is 2. The van der Waals surface area contributed by atoms with Crippen LogP contribution in [0.1, 0.15) is 12.1 Å². The SMILES string of the molecule is COCCN(CCC(=N)N)c1ncnc(C)c1F. The van der Waals surface area contributed by atoms with Crippen LogP contribution in [0, 0.1) is 18.2 Å². The van der Waals surface area contributed by atoms with Crippen molar-refractivity contribution in [2.24, 2.45) is 5.73 Å². The lowest BCUT2D eigenvalue weighted by Crippen LogP contribution is -2.32. The van der Waals surface area contributed by atoms with E-state index in [4.69, 9.17) is 15.9 Å². The normalized spacial score (nSPS) is 10.4. The average Bonchev–Trinajstić information content (AvgIpc) is 2.33. The van der Waals surface area contributed by atoms with Gasteiger partial charge in [-0.25, -0.2) is 14.4 Å². The topological polar surface area (TPSA) is 88.1 Å². The minimum Gasteiger partial charge on any atom is -0.388 e. The highest BCUT2D eigenvalue weighted by atomic mass is 19.1. The van der Waals surface area contributed by atoms with E-state index in [9.17, 15) is 4.39 Å². The van der Waals surface area contributed by atoms with Gasteiger partial charge in [-0.1, -0.05) is 0 Å². The molecule has 0 aromatic carbocycles. The number of nitrogens with one attached hydrogen (secondary N) is 1. The third-order valence-corrected chi connectivity index (χ3v) is 2.46. The molecule has 1 aromatic rings. The fourth-order valence-corrected chi connectivity index (χ4v) is 1.45. The van der Waals surface area contributed by atoms with Crippen LogP contribution < -0.4 is 10.6 Å². The largest absolute Gasteiger partial charge is 0.388 e. The molecule has 0 unspecified atom stereocenters.